The van der Waals surface area contributed by atoms with E-state index in [-0.39, 0.29) is 18.2 Å². The van der Waals surface area contributed by atoms with Crippen molar-refractivity contribution < 1.29 is 30.8 Å². The van der Waals surface area contributed by atoms with Crippen LogP contribution in [0, 0.1) is 5.82 Å². The van der Waals surface area contributed by atoms with Gasteiger partial charge in [-0.3, -0.25) is 0 Å². The molecule has 0 aromatic heterocycles. The van der Waals surface area contributed by atoms with Crippen molar-refractivity contribution >= 4 is 17.3 Å². The SMILES string of the molecule is COc1cc2c(cc1OC)C(CCCCl)=[N+](Cc1ccccc1F)CC2.[Cl-]. The van der Waals surface area contributed by atoms with Crippen molar-refractivity contribution in [2.24, 2.45) is 0 Å². The molecule has 6 heteroatoms. The molecule has 0 bridgehead atoms. The maximum atomic E-state index is 14.1. The molecular formula is C21H24Cl2FNO2. The number of nitrogens with zero attached hydrogens (tertiary/aromatic N) is 1. The molecule has 0 spiro atoms. The Morgan fingerprint density at radius 3 is 2.48 bits per heavy atom. The normalized spacial score (nSPS) is 13.0. The molecule has 27 heavy (non-hydrogen) atoms. The summed E-state index contributed by atoms with van der Waals surface area (Å²) >= 11 is 5.95. The molecule has 3 rings (SSSR count). The molecule has 3 nitrogen and oxygen atoms in total. The molecule has 0 radical (unpaired) electrons. The lowest BCUT2D eigenvalue weighted by atomic mass is 9.93. The molecule has 0 saturated carbocycles. The number of hydrogen-bond acceptors (Lipinski definition) is 2. The first kappa shape index (κ1) is 21.5. The lowest BCUT2D eigenvalue weighted by molar-refractivity contribution is -0.546. The fraction of sp³-hybridized carbons (Fsp3) is 0.381. The van der Waals surface area contributed by atoms with Crippen molar-refractivity contribution in [3.8, 4) is 11.5 Å². The Bertz CT molecular complexity index is 824. The summed E-state index contributed by atoms with van der Waals surface area (Å²) in [6.07, 6.45) is 2.60. The maximum absolute atomic E-state index is 14.1. The van der Waals surface area contributed by atoms with Crippen LogP contribution < -0.4 is 21.9 Å². The second-order valence-corrected chi connectivity index (χ2v) is 6.74. The monoisotopic (exact) mass is 411 g/mol. The van der Waals surface area contributed by atoms with Crippen LogP contribution in [-0.4, -0.2) is 36.9 Å². The van der Waals surface area contributed by atoms with E-state index in [1.54, 1.807) is 20.3 Å². The molecule has 1 aliphatic heterocycles. The molecule has 146 valence electrons. The summed E-state index contributed by atoms with van der Waals surface area (Å²) in [4.78, 5) is 0. The largest absolute Gasteiger partial charge is 1.00 e. The minimum Gasteiger partial charge on any atom is -1.00 e. The van der Waals surface area contributed by atoms with Gasteiger partial charge >= 0.3 is 0 Å². The van der Waals surface area contributed by atoms with Crippen LogP contribution in [0.15, 0.2) is 36.4 Å². The predicted molar refractivity (Wildman–Crippen MR) is 103 cm³/mol. The van der Waals surface area contributed by atoms with Crippen LogP contribution in [0.4, 0.5) is 4.39 Å². The van der Waals surface area contributed by atoms with Gasteiger partial charge in [-0.1, -0.05) is 12.1 Å². The fourth-order valence-electron chi connectivity index (χ4n) is 3.49. The van der Waals surface area contributed by atoms with Crippen LogP contribution in [0.25, 0.3) is 0 Å². The van der Waals surface area contributed by atoms with E-state index in [0.717, 1.165) is 37.1 Å². The Labute approximate surface area is 171 Å². The Morgan fingerprint density at radius 2 is 1.81 bits per heavy atom. The van der Waals surface area contributed by atoms with E-state index < -0.39 is 0 Å². The third kappa shape index (κ3) is 4.74. The first-order valence-corrected chi connectivity index (χ1v) is 9.36. The predicted octanol–water partition coefficient (Wildman–Crippen LogP) is 1.42. The van der Waals surface area contributed by atoms with Gasteiger partial charge in [0.1, 0.15) is 12.4 Å². The van der Waals surface area contributed by atoms with E-state index in [4.69, 9.17) is 21.1 Å². The number of fused-ring (bicyclic) bond motifs is 1. The maximum Gasteiger partial charge on any atom is 0.184 e. The summed E-state index contributed by atoms with van der Waals surface area (Å²) in [5.74, 6) is 1.88. The summed E-state index contributed by atoms with van der Waals surface area (Å²) in [5.41, 5.74) is 4.28. The number of ether oxygens (including phenoxy) is 2. The van der Waals surface area contributed by atoms with Crippen molar-refractivity contribution in [3.63, 3.8) is 0 Å². The molecular weight excluding hydrogens is 388 g/mol. The van der Waals surface area contributed by atoms with Gasteiger partial charge in [-0.25, -0.2) is 8.97 Å². The van der Waals surface area contributed by atoms with Gasteiger partial charge in [0.25, 0.3) is 0 Å². The Balaban J connectivity index is 0.00000261. The van der Waals surface area contributed by atoms with Crippen LogP contribution in [0.1, 0.15) is 29.5 Å². The van der Waals surface area contributed by atoms with Gasteiger partial charge in [-0.15, -0.1) is 11.6 Å². The zero-order valence-electron chi connectivity index (χ0n) is 15.6. The number of hydrogen-bond donors (Lipinski definition) is 0. The molecule has 0 unspecified atom stereocenters. The molecule has 0 atom stereocenters. The van der Waals surface area contributed by atoms with Gasteiger partial charge in [0.15, 0.2) is 23.8 Å². The molecule has 1 aliphatic rings. The quantitative estimate of drug-likeness (QED) is 0.507. The van der Waals surface area contributed by atoms with E-state index in [0.29, 0.717) is 23.7 Å². The molecule has 2 aromatic carbocycles. The average Bonchev–Trinajstić information content (AvgIpc) is 2.67. The molecule has 0 aliphatic carbocycles. The highest BCUT2D eigenvalue weighted by Crippen LogP contribution is 2.33. The summed E-state index contributed by atoms with van der Waals surface area (Å²) in [5, 5.41) is 0. The van der Waals surface area contributed by atoms with E-state index in [1.807, 2.05) is 18.2 Å². The summed E-state index contributed by atoms with van der Waals surface area (Å²) in [7, 11) is 3.29. The molecule has 0 N–H and O–H groups in total. The second-order valence-electron chi connectivity index (χ2n) is 6.37. The van der Waals surface area contributed by atoms with E-state index in [9.17, 15) is 4.39 Å². The lowest BCUT2D eigenvalue weighted by Gasteiger charge is -2.21. The summed E-state index contributed by atoms with van der Waals surface area (Å²) in [6.45, 7) is 1.40. The van der Waals surface area contributed by atoms with Crippen molar-refractivity contribution in [1.82, 2.24) is 0 Å². The Hall–Kier alpha value is -1.78. The van der Waals surface area contributed by atoms with Gasteiger partial charge in [0.2, 0.25) is 0 Å². The van der Waals surface area contributed by atoms with Gasteiger partial charge < -0.3 is 21.9 Å². The highest BCUT2D eigenvalue weighted by Gasteiger charge is 2.28. The highest BCUT2D eigenvalue weighted by molar-refractivity contribution is 6.18. The van der Waals surface area contributed by atoms with Gasteiger partial charge in [-0.05, 0) is 36.2 Å². The summed E-state index contributed by atoms with van der Waals surface area (Å²) in [6, 6.07) is 11.0. The molecule has 0 saturated heterocycles. The van der Waals surface area contributed by atoms with Crippen LogP contribution in [0.2, 0.25) is 0 Å². The van der Waals surface area contributed by atoms with Crippen LogP contribution in [0.5, 0.6) is 11.5 Å². The fourth-order valence-corrected chi connectivity index (χ4v) is 3.62. The Kier molecular flexibility index (Phi) is 7.93. The van der Waals surface area contributed by atoms with Crippen molar-refractivity contribution in [3.05, 3.63) is 58.9 Å². The van der Waals surface area contributed by atoms with Crippen LogP contribution >= 0.6 is 11.6 Å². The van der Waals surface area contributed by atoms with E-state index in [2.05, 4.69) is 10.6 Å². The topological polar surface area (TPSA) is 21.5 Å². The van der Waals surface area contributed by atoms with E-state index >= 15 is 0 Å². The molecule has 2 aromatic rings. The van der Waals surface area contributed by atoms with Crippen LogP contribution in [-0.2, 0) is 13.0 Å². The van der Waals surface area contributed by atoms with Crippen molar-refractivity contribution in [2.45, 2.75) is 25.8 Å². The molecule has 0 fully saturated rings. The van der Waals surface area contributed by atoms with Crippen LogP contribution in [0.3, 0.4) is 0 Å². The average molecular weight is 412 g/mol. The Morgan fingerprint density at radius 1 is 1.11 bits per heavy atom. The van der Waals surface area contributed by atoms with Crippen molar-refractivity contribution in [1.29, 1.82) is 0 Å². The lowest BCUT2D eigenvalue weighted by Crippen LogP contribution is -3.00. The van der Waals surface area contributed by atoms with Crippen molar-refractivity contribution in [2.75, 3.05) is 26.6 Å². The standard InChI is InChI=1S/C21H24ClFNO2.ClH/c1-25-20-12-15-9-11-24(14-16-6-3-4-7-18(16)23)19(8-5-10-22)17(15)13-21(20)26-2;/h3-4,6-7,12-13H,5,8-11,14H2,1-2H3;1H/q+1;/p-1. The van der Waals surface area contributed by atoms with Gasteiger partial charge in [-0.2, -0.15) is 0 Å². The minimum absolute atomic E-state index is 0. The number of benzene rings is 2. The zero-order chi connectivity index (χ0) is 18.5. The number of halogens is 3. The molecule has 0 amide bonds. The smallest absolute Gasteiger partial charge is 0.184 e. The number of alkyl halides is 1. The highest BCUT2D eigenvalue weighted by atomic mass is 35.5. The third-order valence-electron chi connectivity index (χ3n) is 4.82. The number of methoxy groups -OCH3 is 2. The van der Waals surface area contributed by atoms with Gasteiger partial charge in [0, 0.05) is 24.3 Å². The number of rotatable bonds is 7. The first-order valence-electron chi connectivity index (χ1n) is 8.83. The first-order chi connectivity index (χ1) is 12.7. The van der Waals surface area contributed by atoms with Gasteiger partial charge in [0.05, 0.1) is 19.8 Å². The zero-order valence-corrected chi connectivity index (χ0v) is 17.1. The van der Waals surface area contributed by atoms with E-state index in [1.165, 1.54) is 17.3 Å². The molecule has 1 heterocycles. The summed E-state index contributed by atoms with van der Waals surface area (Å²) < 4.78 is 27.3. The minimum atomic E-state index is -0.165. The third-order valence-corrected chi connectivity index (χ3v) is 5.09. The second kappa shape index (κ2) is 9.95.